The van der Waals surface area contributed by atoms with Gasteiger partial charge in [0, 0.05) is 37.3 Å². The molecule has 0 aromatic carbocycles. The van der Waals surface area contributed by atoms with Crippen molar-refractivity contribution in [1.29, 1.82) is 0 Å². The molecule has 1 atom stereocenters. The second-order valence-electron chi connectivity index (χ2n) is 5.34. The summed E-state index contributed by atoms with van der Waals surface area (Å²) in [6.45, 7) is 5.33. The van der Waals surface area contributed by atoms with Gasteiger partial charge in [0.1, 0.15) is 0 Å². The zero-order valence-corrected chi connectivity index (χ0v) is 11.5. The van der Waals surface area contributed by atoms with Crippen molar-refractivity contribution in [3.05, 3.63) is 30.1 Å². The number of nitrogens with zero attached hydrogens (tertiary/aromatic N) is 1. The van der Waals surface area contributed by atoms with Crippen LogP contribution in [0, 0.1) is 0 Å². The molecule has 5 heteroatoms. The van der Waals surface area contributed by atoms with E-state index in [1.165, 1.54) is 5.56 Å². The minimum atomic E-state index is -0.879. The van der Waals surface area contributed by atoms with E-state index in [0.717, 1.165) is 0 Å². The van der Waals surface area contributed by atoms with Gasteiger partial charge in [-0.2, -0.15) is 0 Å². The van der Waals surface area contributed by atoms with Gasteiger partial charge in [0.05, 0.1) is 6.10 Å². The lowest BCUT2D eigenvalue weighted by atomic mass is 9.85. The normalized spacial score (nSPS) is 13.2. The van der Waals surface area contributed by atoms with Gasteiger partial charge >= 0.3 is 5.97 Å². The lowest BCUT2D eigenvalue weighted by Crippen LogP contribution is -2.37. The van der Waals surface area contributed by atoms with E-state index in [4.69, 9.17) is 5.11 Å². The molecular formula is C14H22N2O3. The molecule has 0 spiro atoms. The Labute approximate surface area is 113 Å². The van der Waals surface area contributed by atoms with Gasteiger partial charge in [0.25, 0.3) is 0 Å². The number of pyridine rings is 1. The van der Waals surface area contributed by atoms with Crippen LogP contribution in [-0.2, 0) is 10.2 Å². The van der Waals surface area contributed by atoms with E-state index in [9.17, 15) is 9.90 Å². The maximum atomic E-state index is 10.4. The van der Waals surface area contributed by atoms with Crippen LogP contribution in [0.4, 0.5) is 0 Å². The van der Waals surface area contributed by atoms with E-state index in [1.54, 1.807) is 12.4 Å². The van der Waals surface area contributed by atoms with E-state index >= 15 is 0 Å². The molecule has 5 nitrogen and oxygen atoms in total. The average molecular weight is 266 g/mol. The Morgan fingerprint density at radius 1 is 1.42 bits per heavy atom. The molecule has 0 amide bonds. The summed E-state index contributed by atoms with van der Waals surface area (Å²) < 4.78 is 0. The fourth-order valence-electron chi connectivity index (χ4n) is 1.85. The van der Waals surface area contributed by atoms with Crippen LogP contribution in [0.25, 0.3) is 0 Å². The summed E-state index contributed by atoms with van der Waals surface area (Å²) in [5, 5.41) is 21.3. The summed E-state index contributed by atoms with van der Waals surface area (Å²) in [6, 6.07) is 3.95. The highest BCUT2D eigenvalue weighted by atomic mass is 16.4. The fourth-order valence-corrected chi connectivity index (χ4v) is 1.85. The molecule has 0 fully saturated rings. The van der Waals surface area contributed by atoms with Crippen molar-refractivity contribution in [2.24, 2.45) is 0 Å². The van der Waals surface area contributed by atoms with Crippen molar-refractivity contribution < 1.29 is 15.0 Å². The van der Waals surface area contributed by atoms with Gasteiger partial charge in [-0.25, -0.2) is 0 Å². The fraction of sp³-hybridized carbons (Fsp3) is 0.571. The first-order chi connectivity index (χ1) is 8.92. The van der Waals surface area contributed by atoms with E-state index < -0.39 is 12.1 Å². The maximum absolute atomic E-state index is 10.4. The van der Waals surface area contributed by atoms with Gasteiger partial charge in [-0.15, -0.1) is 0 Å². The Balaban J connectivity index is 2.34. The maximum Gasteiger partial charge on any atom is 0.303 e. The lowest BCUT2D eigenvalue weighted by Gasteiger charge is -2.26. The highest BCUT2D eigenvalue weighted by Gasteiger charge is 2.20. The number of carbonyl (C=O) groups is 1. The number of aliphatic hydroxyl groups is 1. The molecule has 0 aliphatic rings. The van der Waals surface area contributed by atoms with E-state index in [1.807, 2.05) is 12.1 Å². The molecule has 1 unspecified atom stereocenters. The topological polar surface area (TPSA) is 82.5 Å². The molecule has 106 valence electrons. The highest BCUT2D eigenvalue weighted by Crippen LogP contribution is 2.21. The van der Waals surface area contributed by atoms with Crippen LogP contribution >= 0.6 is 0 Å². The van der Waals surface area contributed by atoms with Crippen LogP contribution in [0.3, 0.4) is 0 Å². The third-order valence-corrected chi connectivity index (χ3v) is 3.10. The molecule has 0 saturated heterocycles. The zero-order chi connectivity index (χ0) is 14.3. The number of aromatic nitrogens is 1. The van der Waals surface area contributed by atoms with Crippen molar-refractivity contribution in [3.8, 4) is 0 Å². The second kappa shape index (κ2) is 7.21. The van der Waals surface area contributed by atoms with Crippen LogP contribution in [0.2, 0.25) is 0 Å². The number of aliphatic carboxylic acids is 1. The van der Waals surface area contributed by atoms with Crippen molar-refractivity contribution in [3.63, 3.8) is 0 Å². The van der Waals surface area contributed by atoms with E-state index in [-0.39, 0.29) is 18.3 Å². The molecule has 1 aromatic rings. The number of aliphatic hydroxyl groups excluding tert-OH is 1. The average Bonchev–Trinajstić information content (AvgIpc) is 2.37. The van der Waals surface area contributed by atoms with E-state index in [0.29, 0.717) is 13.1 Å². The Bertz CT molecular complexity index is 393. The third-order valence-electron chi connectivity index (χ3n) is 3.10. The molecule has 0 bridgehead atoms. The molecule has 0 saturated carbocycles. The smallest absolute Gasteiger partial charge is 0.303 e. The van der Waals surface area contributed by atoms with Gasteiger partial charge in [0.15, 0.2) is 0 Å². The monoisotopic (exact) mass is 266 g/mol. The molecule has 0 aliphatic carbocycles. The minimum absolute atomic E-state index is 0.00338. The van der Waals surface area contributed by atoms with Crippen molar-refractivity contribution in [2.75, 3.05) is 13.1 Å². The van der Waals surface area contributed by atoms with Crippen molar-refractivity contribution in [1.82, 2.24) is 10.3 Å². The Hall–Kier alpha value is -1.46. The summed E-state index contributed by atoms with van der Waals surface area (Å²) >= 11 is 0. The van der Waals surface area contributed by atoms with Gasteiger partial charge in [-0.05, 0) is 24.1 Å². The molecule has 0 radical (unpaired) electrons. The van der Waals surface area contributed by atoms with Gasteiger partial charge in [0.2, 0.25) is 0 Å². The summed E-state index contributed by atoms with van der Waals surface area (Å²) in [6.07, 6.45) is 3.18. The van der Waals surface area contributed by atoms with Crippen LogP contribution < -0.4 is 5.32 Å². The van der Waals surface area contributed by atoms with E-state index in [2.05, 4.69) is 24.1 Å². The molecule has 0 aliphatic heterocycles. The molecule has 19 heavy (non-hydrogen) atoms. The number of hydrogen-bond donors (Lipinski definition) is 3. The highest BCUT2D eigenvalue weighted by molar-refractivity contribution is 5.66. The SMILES string of the molecule is CC(C)(CNCC(O)CCC(=O)O)c1ccncc1. The number of carboxylic acid groups (broad SMARTS) is 1. The predicted octanol–water partition coefficient (Wildman–Crippen LogP) is 1.17. The lowest BCUT2D eigenvalue weighted by molar-refractivity contribution is -0.137. The quantitative estimate of drug-likeness (QED) is 0.658. The summed E-state index contributed by atoms with van der Waals surface area (Å²) in [5.41, 5.74) is 1.12. The van der Waals surface area contributed by atoms with Gasteiger partial charge in [-0.1, -0.05) is 13.8 Å². The van der Waals surface area contributed by atoms with Gasteiger partial charge < -0.3 is 15.5 Å². The van der Waals surface area contributed by atoms with Crippen molar-refractivity contribution >= 4 is 5.97 Å². The number of nitrogens with one attached hydrogen (secondary N) is 1. The summed E-state index contributed by atoms with van der Waals surface area (Å²) in [7, 11) is 0. The standard InChI is InChI=1S/C14H22N2O3/c1-14(2,11-5-7-15-8-6-11)10-16-9-12(17)3-4-13(18)19/h5-8,12,16-17H,3-4,9-10H2,1-2H3,(H,18,19). The van der Waals surface area contributed by atoms with Crippen LogP contribution in [-0.4, -0.2) is 40.4 Å². The first-order valence-electron chi connectivity index (χ1n) is 6.43. The van der Waals surface area contributed by atoms with Gasteiger partial charge in [-0.3, -0.25) is 9.78 Å². The van der Waals surface area contributed by atoms with Crippen LogP contribution in [0.5, 0.6) is 0 Å². The minimum Gasteiger partial charge on any atom is -0.481 e. The molecule has 3 N–H and O–H groups in total. The Morgan fingerprint density at radius 2 is 2.05 bits per heavy atom. The van der Waals surface area contributed by atoms with Crippen LogP contribution in [0.15, 0.2) is 24.5 Å². The second-order valence-corrected chi connectivity index (χ2v) is 5.34. The first kappa shape index (κ1) is 15.6. The molecule has 1 aromatic heterocycles. The summed E-state index contributed by atoms with van der Waals surface area (Å²) in [4.78, 5) is 14.4. The molecule has 1 heterocycles. The largest absolute Gasteiger partial charge is 0.481 e. The first-order valence-corrected chi connectivity index (χ1v) is 6.43. The predicted molar refractivity (Wildman–Crippen MR) is 73.0 cm³/mol. The number of hydrogen-bond acceptors (Lipinski definition) is 4. The summed E-state index contributed by atoms with van der Waals surface area (Å²) in [5.74, 6) is -0.879. The zero-order valence-electron chi connectivity index (χ0n) is 11.5. The number of carboxylic acids is 1. The van der Waals surface area contributed by atoms with Crippen molar-refractivity contribution in [2.45, 2.75) is 38.2 Å². The van der Waals surface area contributed by atoms with Crippen LogP contribution in [0.1, 0.15) is 32.3 Å². The number of rotatable bonds is 8. The third kappa shape index (κ3) is 5.81. The Kier molecular flexibility index (Phi) is 5.92. The molecule has 1 rings (SSSR count). The Morgan fingerprint density at radius 3 is 2.63 bits per heavy atom. The molecular weight excluding hydrogens is 244 g/mol.